The van der Waals surface area contributed by atoms with Gasteiger partial charge in [-0.3, -0.25) is 25.8 Å². The Morgan fingerprint density at radius 1 is 1.33 bits per heavy atom. The minimum Gasteiger partial charge on any atom is -0.299 e. The molecule has 1 saturated heterocycles. The van der Waals surface area contributed by atoms with Gasteiger partial charge in [0.2, 0.25) is 5.91 Å². The lowest BCUT2D eigenvalue weighted by molar-refractivity contribution is -0.127. The summed E-state index contributed by atoms with van der Waals surface area (Å²) in [5, 5.41) is 6.85. The van der Waals surface area contributed by atoms with Gasteiger partial charge in [0.25, 0.3) is 5.91 Å². The fraction of sp³-hybridized carbons (Fsp3) is 0.250. The highest BCUT2D eigenvalue weighted by atomic mass is 16.2. The highest BCUT2D eigenvalue weighted by molar-refractivity contribution is 6.42. The average Bonchev–Trinajstić information content (AvgIpc) is 1.80. The molecule has 3 N–H and O–H groups in total. The predicted molar refractivity (Wildman–Crippen MR) is 28.6 cm³/mol. The van der Waals surface area contributed by atoms with Crippen molar-refractivity contribution >= 4 is 17.5 Å². The molecule has 0 atom stereocenters. The van der Waals surface area contributed by atoms with Crippen molar-refractivity contribution in [1.29, 1.82) is 5.41 Å². The summed E-state index contributed by atoms with van der Waals surface area (Å²) < 4.78 is 0. The third-order valence-electron chi connectivity index (χ3n) is 0.927. The van der Waals surface area contributed by atoms with Crippen LogP contribution >= 0.6 is 0 Å². The molecule has 1 aliphatic rings. The summed E-state index contributed by atoms with van der Waals surface area (Å²) in [5.74, 6) is -0.880. The maximum Gasteiger partial charge on any atom is 0.283 e. The van der Waals surface area contributed by atoms with Gasteiger partial charge in [0, 0.05) is 0 Å². The van der Waals surface area contributed by atoms with Crippen molar-refractivity contribution in [1.82, 2.24) is 10.9 Å². The van der Waals surface area contributed by atoms with E-state index in [9.17, 15) is 9.59 Å². The number of nitrogens with one attached hydrogen (secondary N) is 3. The normalized spacial score (nSPS) is 18.9. The van der Waals surface area contributed by atoms with Crippen LogP contribution in [-0.2, 0) is 9.59 Å². The molecule has 5 heteroatoms. The van der Waals surface area contributed by atoms with Crippen LogP contribution in [0.1, 0.15) is 6.42 Å². The lowest BCUT2D eigenvalue weighted by Crippen LogP contribution is -2.51. The first-order valence-electron chi connectivity index (χ1n) is 2.37. The number of rotatable bonds is 0. The van der Waals surface area contributed by atoms with E-state index in [0.29, 0.717) is 0 Å². The Morgan fingerprint density at radius 3 is 2.44 bits per heavy atom. The molecule has 0 saturated carbocycles. The first-order valence-corrected chi connectivity index (χ1v) is 2.37. The van der Waals surface area contributed by atoms with E-state index in [1.165, 1.54) is 0 Å². The zero-order valence-corrected chi connectivity index (χ0v) is 4.52. The monoisotopic (exact) mass is 127 g/mol. The zero-order valence-electron chi connectivity index (χ0n) is 4.52. The van der Waals surface area contributed by atoms with Crippen molar-refractivity contribution in [2.75, 3.05) is 0 Å². The van der Waals surface area contributed by atoms with Gasteiger partial charge in [-0.1, -0.05) is 0 Å². The van der Waals surface area contributed by atoms with Gasteiger partial charge in [-0.25, -0.2) is 0 Å². The SMILES string of the molecule is N=C1CC(=O)NNC1=O. The number of carbonyl (C=O) groups excluding carboxylic acids is 2. The predicted octanol–water partition coefficient (Wildman–Crippen LogP) is -1.44. The number of carbonyl (C=O) groups is 2. The second-order valence-corrected chi connectivity index (χ2v) is 1.66. The van der Waals surface area contributed by atoms with Gasteiger partial charge in [-0.15, -0.1) is 0 Å². The Labute approximate surface area is 50.9 Å². The highest BCUT2D eigenvalue weighted by Gasteiger charge is 2.18. The molecule has 5 nitrogen and oxygen atoms in total. The molecule has 0 spiro atoms. The standard InChI is InChI=1S/C4H5N3O2/c5-2-1-3(8)6-7-4(2)9/h5H,1H2,(H,6,8)(H,7,9). The summed E-state index contributed by atoms with van der Waals surface area (Å²) in [6.07, 6.45) is -0.119. The Bertz CT molecular complexity index is 186. The summed E-state index contributed by atoms with van der Waals surface area (Å²) in [6.45, 7) is 0. The Kier molecular flexibility index (Phi) is 1.18. The summed E-state index contributed by atoms with van der Waals surface area (Å²) in [4.78, 5) is 20.7. The Hall–Kier alpha value is -1.39. The van der Waals surface area contributed by atoms with Gasteiger partial charge in [0.15, 0.2) is 0 Å². The third kappa shape index (κ3) is 1.04. The first kappa shape index (κ1) is 5.74. The van der Waals surface area contributed by atoms with E-state index in [4.69, 9.17) is 5.41 Å². The van der Waals surface area contributed by atoms with Crippen LogP contribution in [0.4, 0.5) is 0 Å². The molecule has 2 amide bonds. The molecule has 48 valence electrons. The summed E-state index contributed by atoms with van der Waals surface area (Å²) in [6, 6.07) is 0. The number of hydrogen-bond donors (Lipinski definition) is 3. The number of hydrogen-bond acceptors (Lipinski definition) is 3. The average molecular weight is 127 g/mol. The lowest BCUT2D eigenvalue weighted by Gasteiger charge is -2.12. The zero-order chi connectivity index (χ0) is 6.85. The van der Waals surface area contributed by atoms with Crippen molar-refractivity contribution in [2.24, 2.45) is 0 Å². The van der Waals surface area contributed by atoms with Gasteiger partial charge in [-0.2, -0.15) is 0 Å². The van der Waals surface area contributed by atoms with E-state index >= 15 is 0 Å². The molecule has 0 aromatic carbocycles. The topological polar surface area (TPSA) is 82.1 Å². The van der Waals surface area contributed by atoms with Crippen LogP contribution in [0.15, 0.2) is 0 Å². The minimum absolute atomic E-state index is 0.119. The highest BCUT2D eigenvalue weighted by Crippen LogP contribution is 1.87. The second-order valence-electron chi connectivity index (χ2n) is 1.66. The van der Waals surface area contributed by atoms with Gasteiger partial charge in [0.05, 0.1) is 6.42 Å². The van der Waals surface area contributed by atoms with Crippen LogP contribution in [0, 0.1) is 5.41 Å². The van der Waals surface area contributed by atoms with Crippen LogP contribution in [-0.4, -0.2) is 17.5 Å². The van der Waals surface area contributed by atoms with Gasteiger partial charge >= 0.3 is 0 Å². The molecule has 0 bridgehead atoms. The molecule has 9 heavy (non-hydrogen) atoms. The van der Waals surface area contributed by atoms with Crippen molar-refractivity contribution in [3.8, 4) is 0 Å². The smallest absolute Gasteiger partial charge is 0.283 e. The quantitative estimate of drug-likeness (QED) is 0.372. The van der Waals surface area contributed by atoms with E-state index in [0.717, 1.165) is 0 Å². The third-order valence-corrected chi connectivity index (χ3v) is 0.927. The largest absolute Gasteiger partial charge is 0.299 e. The van der Waals surface area contributed by atoms with Crippen LogP contribution in [0.3, 0.4) is 0 Å². The van der Waals surface area contributed by atoms with Gasteiger partial charge < -0.3 is 0 Å². The minimum atomic E-state index is -0.533. The summed E-state index contributed by atoms with van der Waals surface area (Å²) in [7, 11) is 0. The van der Waals surface area contributed by atoms with Crippen LogP contribution in [0.5, 0.6) is 0 Å². The van der Waals surface area contributed by atoms with Crippen molar-refractivity contribution < 1.29 is 9.59 Å². The van der Waals surface area contributed by atoms with E-state index < -0.39 is 5.91 Å². The van der Waals surface area contributed by atoms with E-state index in [1.807, 2.05) is 5.43 Å². The maximum absolute atomic E-state index is 10.4. The number of amides is 2. The maximum atomic E-state index is 10.4. The molecule has 0 unspecified atom stereocenters. The van der Waals surface area contributed by atoms with Crippen LogP contribution in [0.25, 0.3) is 0 Å². The fourth-order valence-corrected chi connectivity index (χ4v) is 0.487. The van der Waals surface area contributed by atoms with Crippen molar-refractivity contribution in [2.45, 2.75) is 6.42 Å². The molecule has 1 aliphatic heterocycles. The lowest BCUT2D eigenvalue weighted by atomic mass is 10.2. The summed E-state index contributed by atoms with van der Waals surface area (Å²) >= 11 is 0. The molecule has 0 aliphatic carbocycles. The van der Waals surface area contributed by atoms with Crippen LogP contribution in [0.2, 0.25) is 0 Å². The molecular weight excluding hydrogens is 122 g/mol. The molecule has 1 fully saturated rings. The molecule has 0 aromatic rings. The van der Waals surface area contributed by atoms with Gasteiger partial charge in [0.1, 0.15) is 5.71 Å². The fourth-order valence-electron chi connectivity index (χ4n) is 0.487. The van der Waals surface area contributed by atoms with Crippen molar-refractivity contribution in [3.05, 3.63) is 0 Å². The molecular formula is C4H5N3O2. The molecule has 1 heterocycles. The van der Waals surface area contributed by atoms with E-state index in [2.05, 4.69) is 5.43 Å². The van der Waals surface area contributed by atoms with Gasteiger partial charge in [-0.05, 0) is 0 Å². The second kappa shape index (κ2) is 1.85. The Balaban J connectivity index is 2.64. The van der Waals surface area contributed by atoms with Crippen molar-refractivity contribution in [3.63, 3.8) is 0 Å². The van der Waals surface area contributed by atoms with E-state index in [1.54, 1.807) is 0 Å². The molecule has 0 aromatic heterocycles. The Morgan fingerprint density at radius 2 is 2.00 bits per heavy atom. The molecule has 0 radical (unpaired) electrons. The number of hydrazine groups is 1. The first-order chi connectivity index (χ1) is 4.20. The molecule has 1 rings (SSSR count). The van der Waals surface area contributed by atoms with Crippen LogP contribution < -0.4 is 10.9 Å². The van der Waals surface area contributed by atoms with E-state index in [-0.39, 0.29) is 18.0 Å². The summed E-state index contributed by atoms with van der Waals surface area (Å²) in [5.41, 5.74) is 3.91.